The van der Waals surface area contributed by atoms with Crippen molar-refractivity contribution in [1.82, 2.24) is 5.48 Å². The average Bonchev–Trinajstić information content (AvgIpc) is 3.44. The van der Waals surface area contributed by atoms with E-state index < -0.39 is 9.84 Å². The third kappa shape index (κ3) is 7.27. The summed E-state index contributed by atoms with van der Waals surface area (Å²) in [4.78, 5) is 0.0924. The fraction of sp³-hybridized carbons (Fsp3) is 0.571. The van der Waals surface area contributed by atoms with E-state index in [2.05, 4.69) is 5.48 Å². The highest BCUT2D eigenvalue weighted by atomic mass is 32.2. The summed E-state index contributed by atoms with van der Waals surface area (Å²) in [5.74, 6) is 2.04. The molecule has 0 saturated carbocycles. The van der Waals surface area contributed by atoms with Gasteiger partial charge in [-0.1, -0.05) is 13.8 Å². The second-order valence-electron chi connectivity index (χ2n) is 9.50. The van der Waals surface area contributed by atoms with Crippen LogP contribution in [-0.2, 0) is 14.6 Å². The van der Waals surface area contributed by atoms with Crippen LogP contribution in [0.2, 0.25) is 0 Å². The molecule has 3 rings (SSSR count). The molecule has 1 unspecified atom stereocenters. The van der Waals surface area contributed by atoms with Crippen molar-refractivity contribution in [2.75, 3.05) is 40.3 Å². The van der Waals surface area contributed by atoms with Crippen molar-refractivity contribution in [1.29, 1.82) is 0 Å². The first-order valence-corrected chi connectivity index (χ1v) is 14.9. The molecule has 10 nitrogen and oxygen atoms in total. The van der Waals surface area contributed by atoms with Crippen molar-refractivity contribution < 1.29 is 42.0 Å². The molecular weight excluding hydrogens is 526 g/mol. The predicted octanol–water partition coefficient (Wildman–Crippen LogP) is 5.02. The molecule has 3 atom stereocenters. The fourth-order valence-corrected chi connectivity index (χ4v) is 6.03. The molecule has 2 N–H and O–H groups in total. The largest absolute Gasteiger partial charge is 0.493 e. The molecule has 39 heavy (non-hydrogen) atoms. The van der Waals surface area contributed by atoms with Crippen LogP contribution in [0.15, 0.2) is 29.2 Å². The Hall–Kier alpha value is -2.73. The van der Waals surface area contributed by atoms with Crippen molar-refractivity contribution in [3.63, 3.8) is 0 Å². The molecule has 2 aromatic rings. The molecule has 0 amide bonds. The molecule has 1 aliphatic heterocycles. The maximum absolute atomic E-state index is 13.3. The first-order valence-electron chi connectivity index (χ1n) is 13.2. The maximum Gasteiger partial charge on any atom is 0.203 e. The molecule has 1 heterocycles. The van der Waals surface area contributed by atoms with Crippen LogP contribution in [0.3, 0.4) is 0 Å². The first kappa shape index (κ1) is 30.8. The van der Waals surface area contributed by atoms with Gasteiger partial charge >= 0.3 is 0 Å². The molecule has 0 bridgehead atoms. The second kappa shape index (κ2) is 14.1. The Morgan fingerprint density at radius 2 is 1.49 bits per heavy atom. The van der Waals surface area contributed by atoms with Crippen LogP contribution in [0.4, 0.5) is 0 Å². The van der Waals surface area contributed by atoms with Crippen molar-refractivity contribution in [2.24, 2.45) is 0 Å². The Kier molecular flexibility index (Phi) is 11.1. The van der Waals surface area contributed by atoms with E-state index in [-0.39, 0.29) is 41.3 Å². The summed E-state index contributed by atoms with van der Waals surface area (Å²) in [6.45, 7) is 5.95. The number of ether oxygens (including phenoxy) is 6. The van der Waals surface area contributed by atoms with E-state index in [1.807, 2.05) is 26.0 Å². The molecule has 1 saturated heterocycles. The molecule has 0 spiro atoms. The SMILES string of the molecule is CCCOc1c(OCC(C)NO)cc([C@H]2CC[C@H](c3cc(OC)c(OC)c(OC)c3)O2)cc1S(=O)(=O)CCC. The maximum atomic E-state index is 13.3. The standard InChI is InChI=1S/C28H41NO9S/c1-7-11-36-28-25(37-17-18(3)29-30)15-20(16-26(28)39(31,32)12-8-2)22-10-9-21(38-22)19-13-23(33-4)27(35-6)24(14-19)34-5/h13-16,18,21-22,29-30H,7-12,17H2,1-6H3/t18?,21-,22-/m1/s1. The van der Waals surface area contributed by atoms with Crippen LogP contribution in [0.25, 0.3) is 0 Å². The number of nitrogens with one attached hydrogen (secondary N) is 1. The highest BCUT2D eigenvalue weighted by Crippen LogP contribution is 2.48. The summed E-state index contributed by atoms with van der Waals surface area (Å²) < 4.78 is 61.5. The van der Waals surface area contributed by atoms with Crippen LogP contribution in [0, 0.1) is 0 Å². The first-order chi connectivity index (χ1) is 18.7. The average molecular weight is 568 g/mol. The Morgan fingerprint density at radius 3 is 2.00 bits per heavy atom. The van der Waals surface area contributed by atoms with Gasteiger partial charge in [0.1, 0.15) is 11.5 Å². The molecular formula is C28H41NO9S. The Balaban J connectivity index is 2.02. The van der Waals surface area contributed by atoms with E-state index in [0.717, 1.165) is 5.56 Å². The minimum Gasteiger partial charge on any atom is -0.493 e. The van der Waals surface area contributed by atoms with Crippen LogP contribution >= 0.6 is 0 Å². The number of hydroxylamine groups is 1. The molecule has 1 aliphatic rings. The lowest BCUT2D eigenvalue weighted by molar-refractivity contribution is 0.0434. The van der Waals surface area contributed by atoms with Gasteiger partial charge in [-0.3, -0.25) is 0 Å². The minimum absolute atomic E-state index is 0.0213. The fourth-order valence-electron chi connectivity index (χ4n) is 4.51. The van der Waals surface area contributed by atoms with E-state index in [1.54, 1.807) is 40.4 Å². The zero-order valence-electron chi connectivity index (χ0n) is 23.6. The minimum atomic E-state index is -3.65. The van der Waals surface area contributed by atoms with Crippen molar-refractivity contribution >= 4 is 9.84 Å². The summed E-state index contributed by atoms with van der Waals surface area (Å²) in [7, 11) is 1.03. The number of methoxy groups -OCH3 is 3. The van der Waals surface area contributed by atoms with Crippen LogP contribution < -0.4 is 29.2 Å². The summed E-state index contributed by atoms with van der Waals surface area (Å²) in [6, 6.07) is 6.78. The lowest BCUT2D eigenvalue weighted by atomic mass is 10.0. The third-order valence-corrected chi connectivity index (χ3v) is 8.38. The van der Waals surface area contributed by atoms with Gasteiger partial charge in [0.15, 0.2) is 32.8 Å². The Morgan fingerprint density at radius 1 is 0.897 bits per heavy atom. The summed E-state index contributed by atoms with van der Waals surface area (Å²) >= 11 is 0. The van der Waals surface area contributed by atoms with Crippen molar-refractivity contribution in [3.05, 3.63) is 35.4 Å². The Labute approximate surface area is 231 Å². The number of benzene rings is 2. The Bertz CT molecular complexity index is 1180. The third-order valence-electron chi connectivity index (χ3n) is 6.46. The molecule has 1 fully saturated rings. The summed E-state index contributed by atoms with van der Waals surface area (Å²) in [6.07, 6.45) is 1.89. The zero-order valence-corrected chi connectivity index (χ0v) is 24.4. The van der Waals surface area contributed by atoms with Crippen LogP contribution in [0.5, 0.6) is 28.7 Å². The molecule has 11 heteroatoms. The van der Waals surface area contributed by atoms with Gasteiger partial charge in [0.05, 0.1) is 51.9 Å². The van der Waals surface area contributed by atoms with E-state index >= 15 is 0 Å². The second-order valence-corrected chi connectivity index (χ2v) is 11.6. The highest BCUT2D eigenvalue weighted by Gasteiger charge is 2.33. The van der Waals surface area contributed by atoms with E-state index in [4.69, 9.17) is 28.4 Å². The molecule has 218 valence electrons. The number of hydrogen-bond donors (Lipinski definition) is 2. The normalized spacial score (nSPS) is 18.0. The van der Waals surface area contributed by atoms with Gasteiger partial charge in [-0.05, 0) is 68.0 Å². The quantitative estimate of drug-likeness (QED) is 0.284. The number of hydrogen-bond acceptors (Lipinski definition) is 10. The van der Waals surface area contributed by atoms with Crippen LogP contribution in [0.1, 0.15) is 69.8 Å². The molecule has 2 aromatic carbocycles. The summed E-state index contributed by atoms with van der Waals surface area (Å²) in [5, 5.41) is 9.25. The highest BCUT2D eigenvalue weighted by molar-refractivity contribution is 7.91. The van der Waals surface area contributed by atoms with Crippen molar-refractivity contribution in [2.45, 2.75) is 69.6 Å². The smallest absolute Gasteiger partial charge is 0.203 e. The van der Waals surface area contributed by atoms with Crippen LogP contribution in [-0.4, -0.2) is 60.0 Å². The van der Waals surface area contributed by atoms with Gasteiger partial charge in [0, 0.05) is 0 Å². The van der Waals surface area contributed by atoms with E-state index in [1.165, 1.54) is 0 Å². The van der Waals surface area contributed by atoms with Gasteiger partial charge in [0.2, 0.25) is 5.75 Å². The lowest BCUT2D eigenvalue weighted by Gasteiger charge is -2.22. The van der Waals surface area contributed by atoms with E-state index in [9.17, 15) is 13.6 Å². The van der Waals surface area contributed by atoms with Gasteiger partial charge < -0.3 is 33.6 Å². The molecule has 0 aromatic heterocycles. The summed E-state index contributed by atoms with van der Waals surface area (Å²) in [5.41, 5.74) is 3.70. The topological polar surface area (TPSA) is 122 Å². The number of sulfone groups is 1. The van der Waals surface area contributed by atoms with E-state index in [0.29, 0.717) is 60.9 Å². The van der Waals surface area contributed by atoms with Gasteiger partial charge in [-0.15, -0.1) is 0 Å². The van der Waals surface area contributed by atoms with Gasteiger partial charge in [-0.25, -0.2) is 8.42 Å². The van der Waals surface area contributed by atoms with Gasteiger partial charge in [-0.2, -0.15) is 5.48 Å². The monoisotopic (exact) mass is 567 g/mol. The predicted molar refractivity (Wildman–Crippen MR) is 146 cm³/mol. The molecule has 0 radical (unpaired) electrons. The molecule has 0 aliphatic carbocycles. The van der Waals surface area contributed by atoms with Crippen molar-refractivity contribution in [3.8, 4) is 28.7 Å². The lowest BCUT2D eigenvalue weighted by Crippen LogP contribution is -2.29. The van der Waals surface area contributed by atoms with Gasteiger partial charge in [0.25, 0.3) is 0 Å². The number of rotatable bonds is 15. The zero-order chi connectivity index (χ0) is 28.6.